The molecule has 3 aromatic rings. The molecule has 0 saturated heterocycles. The van der Waals surface area contributed by atoms with Crippen LogP contribution in [-0.4, -0.2) is 25.6 Å². The maximum Gasteiger partial charge on any atom is 0.338 e. The summed E-state index contributed by atoms with van der Waals surface area (Å²) in [5.74, 6) is -0.228. The highest BCUT2D eigenvalue weighted by Crippen LogP contribution is 2.33. The Balaban J connectivity index is 1.81. The molecule has 7 nitrogen and oxygen atoms in total. The molecule has 0 aliphatic rings. The maximum atomic E-state index is 12.8. The van der Waals surface area contributed by atoms with E-state index in [0.29, 0.717) is 33.3 Å². The van der Waals surface area contributed by atoms with Crippen LogP contribution < -0.4 is 14.8 Å². The number of nitriles is 1. The zero-order chi connectivity index (χ0) is 25.2. The molecule has 0 heterocycles. The standard InChI is InChI=1S/C27H23ClN2O5/c1-3-34-27(32)19-10-12-23(13-11-19)30-26(31)21(16-29)15-20-7-5-9-24(33-2)25(20)35-17-18-6-4-8-22(28)14-18/h4-15H,3,17H2,1-2H3,(H,30,31)/b21-15+. The average molecular weight is 491 g/mol. The van der Waals surface area contributed by atoms with Crippen molar-refractivity contribution in [3.05, 3.63) is 94.0 Å². The summed E-state index contributed by atoms with van der Waals surface area (Å²) in [7, 11) is 1.51. The molecule has 0 atom stereocenters. The lowest BCUT2D eigenvalue weighted by Gasteiger charge is -2.14. The molecule has 0 fully saturated rings. The molecule has 0 radical (unpaired) electrons. The number of hydrogen-bond donors (Lipinski definition) is 1. The molecule has 0 aliphatic carbocycles. The molecule has 1 amide bonds. The van der Waals surface area contributed by atoms with Crippen LogP contribution in [0.2, 0.25) is 5.02 Å². The monoisotopic (exact) mass is 490 g/mol. The number of anilines is 1. The van der Waals surface area contributed by atoms with E-state index < -0.39 is 11.9 Å². The van der Waals surface area contributed by atoms with Gasteiger partial charge in [-0.05, 0) is 61.0 Å². The van der Waals surface area contributed by atoms with E-state index in [9.17, 15) is 14.9 Å². The van der Waals surface area contributed by atoms with Gasteiger partial charge in [-0.2, -0.15) is 5.26 Å². The van der Waals surface area contributed by atoms with E-state index in [2.05, 4.69) is 5.32 Å². The zero-order valence-corrected chi connectivity index (χ0v) is 20.0. The largest absolute Gasteiger partial charge is 0.493 e. The Bertz CT molecular complexity index is 1280. The number of amides is 1. The highest BCUT2D eigenvalue weighted by atomic mass is 35.5. The minimum absolute atomic E-state index is 0.139. The number of methoxy groups -OCH3 is 1. The first-order valence-electron chi connectivity index (χ1n) is 10.7. The smallest absolute Gasteiger partial charge is 0.338 e. The lowest BCUT2D eigenvalue weighted by molar-refractivity contribution is -0.112. The number of nitrogens with one attached hydrogen (secondary N) is 1. The van der Waals surface area contributed by atoms with E-state index in [1.165, 1.54) is 25.3 Å². The fourth-order valence-corrected chi connectivity index (χ4v) is 3.36. The third kappa shape index (κ3) is 6.85. The summed E-state index contributed by atoms with van der Waals surface area (Å²) in [6, 6.07) is 20.5. The number of rotatable bonds is 9. The predicted molar refractivity (Wildman–Crippen MR) is 133 cm³/mol. The lowest BCUT2D eigenvalue weighted by atomic mass is 10.1. The molecule has 8 heteroatoms. The summed E-state index contributed by atoms with van der Waals surface area (Å²) in [5.41, 5.74) is 1.99. The maximum absolute atomic E-state index is 12.8. The first-order chi connectivity index (χ1) is 16.9. The summed E-state index contributed by atoms with van der Waals surface area (Å²) in [6.07, 6.45) is 1.43. The van der Waals surface area contributed by atoms with Gasteiger partial charge >= 0.3 is 5.97 Å². The number of nitrogens with zero attached hydrogens (tertiary/aromatic N) is 1. The summed E-state index contributed by atoms with van der Waals surface area (Å²) in [4.78, 5) is 24.6. The Kier molecular flexibility index (Phi) is 8.88. The van der Waals surface area contributed by atoms with Crippen molar-refractivity contribution in [2.24, 2.45) is 0 Å². The summed E-state index contributed by atoms with van der Waals surface area (Å²) in [5, 5.41) is 12.9. The molecule has 0 aliphatic heterocycles. The first-order valence-corrected chi connectivity index (χ1v) is 11.1. The van der Waals surface area contributed by atoms with Crippen molar-refractivity contribution in [3.8, 4) is 17.6 Å². The van der Waals surface area contributed by atoms with Crippen LogP contribution >= 0.6 is 11.6 Å². The van der Waals surface area contributed by atoms with Crippen molar-refractivity contribution in [1.29, 1.82) is 5.26 Å². The van der Waals surface area contributed by atoms with Crippen molar-refractivity contribution >= 4 is 35.2 Å². The number of halogens is 1. The number of carbonyl (C=O) groups excluding carboxylic acids is 2. The molecule has 0 bridgehead atoms. The SMILES string of the molecule is CCOC(=O)c1ccc(NC(=O)/C(C#N)=C/c2cccc(OC)c2OCc2cccc(Cl)c2)cc1. The minimum atomic E-state index is -0.611. The number of para-hydroxylation sites is 1. The van der Waals surface area contributed by atoms with Crippen molar-refractivity contribution < 1.29 is 23.8 Å². The number of hydrogen-bond acceptors (Lipinski definition) is 6. The summed E-state index contributed by atoms with van der Waals surface area (Å²) in [6.45, 7) is 2.20. The van der Waals surface area contributed by atoms with E-state index in [1.807, 2.05) is 18.2 Å². The second kappa shape index (κ2) is 12.3. The van der Waals surface area contributed by atoms with Crippen molar-refractivity contribution in [2.45, 2.75) is 13.5 Å². The van der Waals surface area contributed by atoms with E-state index in [4.69, 9.17) is 25.8 Å². The molecular weight excluding hydrogens is 468 g/mol. The van der Waals surface area contributed by atoms with Gasteiger partial charge in [0, 0.05) is 16.3 Å². The van der Waals surface area contributed by atoms with Gasteiger partial charge in [-0.15, -0.1) is 0 Å². The van der Waals surface area contributed by atoms with Gasteiger partial charge in [-0.3, -0.25) is 4.79 Å². The molecule has 0 saturated carbocycles. The molecule has 0 aromatic heterocycles. The Hall–Kier alpha value is -4.28. The van der Waals surface area contributed by atoms with Gasteiger partial charge in [-0.25, -0.2) is 4.79 Å². The number of esters is 1. The van der Waals surface area contributed by atoms with Gasteiger partial charge in [0.2, 0.25) is 0 Å². The third-order valence-corrected chi connectivity index (χ3v) is 5.06. The van der Waals surface area contributed by atoms with Crippen molar-refractivity contribution in [2.75, 3.05) is 19.0 Å². The lowest BCUT2D eigenvalue weighted by Crippen LogP contribution is -2.14. The molecule has 178 valence electrons. The first kappa shape index (κ1) is 25.3. The molecule has 35 heavy (non-hydrogen) atoms. The van der Waals surface area contributed by atoms with Crippen LogP contribution in [0.3, 0.4) is 0 Å². The quantitative estimate of drug-likeness (QED) is 0.236. The minimum Gasteiger partial charge on any atom is -0.493 e. The zero-order valence-electron chi connectivity index (χ0n) is 19.2. The van der Waals surface area contributed by atoms with E-state index in [-0.39, 0.29) is 18.8 Å². The number of benzene rings is 3. The Morgan fingerprint density at radius 1 is 1.09 bits per heavy atom. The van der Waals surface area contributed by atoms with Crippen LogP contribution in [0.15, 0.2) is 72.3 Å². The summed E-state index contributed by atoms with van der Waals surface area (Å²) < 4.78 is 16.3. The molecule has 0 unspecified atom stereocenters. The van der Waals surface area contributed by atoms with Crippen LogP contribution in [0.1, 0.15) is 28.4 Å². The van der Waals surface area contributed by atoms with Crippen molar-refractivity contribution in [1.82, 2.24) is 0 Å². The summed E-state index contributed by atoms with van der Waals surface area (Å²) >= 11 is 6.05. The van der Waals surface area contributed by atoms with Crippen LogP contribution in [-0.2, 0) is 16.1 Å². The highest BCUT2D eigenvalue weighted by molar-refractivity contribution is 6.30. The fraction of sp³-hybridized carbons (Fsp3) is 0.148. The van der Waals surface area contributed by atoms with Crippen LogP contribution in [0.4, 0.5) is 5.69 Å². The molecule has 1 N–H and O–H groups in total. The molecule has 0 spiro atoms. The number of carbonyl (C=O) groups is 2. The fourth-order valence-electron chi connectivity index (χ4n) is 3.15. The van der Waals surface area contributed by atoms with E-state index in [1.54, 1.807) is 49.4 Å². The Morgan fingerprint density at radius 3 is 2.49 bits per heavy atom. The van der Waals surface area contributed by atoms with Crippen LogP contribution in [0.25, 0.3) is 6.08 Å². The van der Waals surface area contributed by atoms with E-state index >= 15 is 0 Å². The van der Waals surface area contributed by atoms with Gasteiger partial charge in [0.1, 0.15) is 18.2 Å². The van der Waals surface area contributed by atoms with Crippen LogP contribution in [0.5, 0.6) is 11.5 Å². The molecule has 3 aromatic carbocycles. The Morgan fingerprint density at radius 2 is 1.83 bits per heavy atom. The van der Waals surface area contributed by atoms with Crippen LogP contribution in [0, 0.1) is 11.3 Å². The highest BCUT2D eigenvalue weighted by Gasteiger charge is 2.15. The predicted octanol–water partition coefficient (Wildman–Crippen LogP) is 5.65. The van der Waals surface area contributed by atoms with Gasteiger partial charge < -0.3 is 19.5 Å². The average Bonchev–Trinajstić information content (AvgIpc) is 2.86. The number of ether oxygens (including phenoxy) is 3. The normalized spacial score (nSPS) is 10.7. The third-order valence-electron chi connectivity index (χ3n) is 4.82. The second-order valence-corrected chi connectivity index (χ2v) is 7.66. The van der Waals surface area contributed by atoms with Crippen molar-refractivity contribution in [3.63, 3.8) is 0 Å². The molecular formula is C27H23ClN2O5. The van der Waals surface area contributed by atoms with Gasteiger partial charge in [-0.1, -0.05) is 35.9 Å². The molecule has 3 rings (SSSR count). The van der Waals surface area contributed by atoms with Gasteiger partial charge in [0.15, 0.2) is 11.5 Å². The van der Waals surface area contributed by atoms with Gasteiger partial charge in [0.25, 0.3) is 5.91 Å². The Labute approximate surface area is 208 Å². The topological polar surface area (TPSA) is 97.7 Å². The second-order valence-electron chi connectivity index (χ2n) is 7.22. The van der Waals surface area contributed by atoms with E-state index in [0.717, 1.165) is 5.56 Å². The van der Waals surface area contributed by atoms with Gasteiger partial charge in [0.05, 0.1) is 19.3 Å².